The first-order valence-electron chi connectivity index (χ1n) is 5.19. The second kappa shape index (κ2) is 5.18. The molecule has 0 bridgehead atoms. The molecule has 0 radical (unpaired) electrons. The van der Waals surface area contributed by atoms with Gasteiger partial charge in [-0.05, 0) is 24.3 Å². The number of rotatable bonds is 5. The van der Waals surface area contributed by atoms with Crippen LogP contribution in [0.3, 0.4) is 0 Å². The van der Waals surface area contributed by atoms with E-state index in [-0.39, 0.29) is 12.4 Å². The third-order valence-corrected chi connectivity index (χ3v) is 2.25. The Morgan fingerprint density at radius 2 is 2.17 bits per heavy atom. The Balaban J connectivity index is 2.01. The molecule has 0 spiro atoms. The Labute approximate surface area is 103 Å². The van der Waals surface area contributed by atoms with E-state index < -0.39 is 5.97 Å². The summed E-state index contributed by atoms with van der Waals surface area (Å²) in [6.07, 6.45) is 0.724. The monoisotopic (exact) mass is 246 g/mol. The predicted molar refractivity (Wildman–Crippen MR) is 61.8 cm³/mol. The van der Waals surface area contributed by atoms with Gasteiger partial charge in [0.2, 0.25) is 5.76 Å². The lowest BCUT2D eigenvalue weighted by molar-refractivity contribution is 0.0658. The summed E-state index contributed by atoms with van der Waals surface area (Å²) in [5.41, 5.74) is 0.512. The number of furan rings is 1. The average Bonchev–Trinajstić information content (AvgIpc) is 2.85. The Bertz CT molecular complexity index is 570. The van der Waals surface area contributed by atoms with Gasteiger partial charge in [-0.2, -0.15) is 0 Å². The first kappa shape index (κ1) is 11.9. The summed E-state index contributed by atoms with van der Waals surface area (Å²) in [5.74, 6) is -0.323. The van der Waals surface area contributed by atoms with Gasteiger partial charge in [0.1, 0.15) is 24.4 Å². The van der Waals surface area contributed by atoms with Crippen molar-refractivity contribution < 1.29 is 23.8 Å². The molecule has 1 aromatic carbocycles. The Morgan fingerprint density at radius 3 is 2.83 bits per heavy atom. The lowest BCUT2D eigenvalue weighted by Gasteiger charge is -2.04. The van der Waals surface area contributed by atoms with Crippen molar-refractivity contribution in [3.63, 3.8) is 0 Å². The van der Waals surface area contributed by atoms with Crippen molar-refractivity contribution in [2.45, 2.75) is 6.61 Å². The number of carboxylic acid groups (broad SMARTS) is 1. The van der Waals surface area contributed by atoms with Gasteiger partial charge < -0.3 is 14.3 Å². The van der Waals surface area contributed by atoms with Gasteiger partial charge >= 0.3 is 5.97 Å². The topological polar surface area (TPSA) is 76.7 Å². The number of aromatic carboxylic acids is 1. The molecule has 2 rings (SSSR count). The Hall–Kier alpha value is -2.56. The summed E-state index contributed by atoms with van der Waals surface area (Å²) in [6.45, 7) is 0.107. The van der Waals surface area contributed by atoms with Gasteiger partial charge in [-0.1, -0.05) is 12.1 Å². The van der Waals surface area contributed by atoms with E-state index in [1.807, 2.05) is 0 Å². The van der Waals surface area contributed by atoms with Crippen LogP contribution < -0.4 is 4.74 Å². The molecular weight excluding hydrogens is 236 g/mol. The predicted octanol–water partition coefficient (Wildman–Crippen LogP) is 2.37. The van der Waals surface area contributed by atoms with Gasteiger partial charge in [-0.3, -0.25) is 4.79 Å². The molecule has 1 heterocycles. The summed E-state index contributed by atoms with van der Waals surface area (Å²) < 4.78 is 10.4. The second-order valence-electron chi connectivity index (χ2n) is 3.55. The fourth-order valence-corrected chi connectivity index (χ4v) is 1.40. The molecule has 0 atom stereocenters. The molecule has 0 aliphatic rings. The average molecular weight is 246 g/mol. The lowest BCUT2D eigenvalue weighted by Crippen LogP contribution is -1.95. The van der Waals surface area contributed by atoms with Crippen molar-refractivity contribution in [2.75, 3.05) is 0 Å². The largest absolute Gasteiger partial charge is 0.486 e. The van der Waals surface area contributed by atoms with Crippen LogP contribution in [0.2, 0.25) is 0 Å². The van der Waals surface area contributed by atoms with Crippen LogP contribution in [-0.4, -0.2) is 17.4 Å². The summed E-state index contributed by atoms with van der Waals surface area (Å²) >= 11 is 0. The van der Waals surface area contributed by atoms with Gasteiger partial charge in [-0.15, -0.1) is 0 Å². The van der Waals surface area contributed by atoms with E-state index in [0.717, 1.165) is 6.29 Å². The van der Waals surface area contributed by atoms with E-state index in [2.05, 4.69) is 0 Å². The zero-order valence-electron chi connectivity index (χ0n) is 9.33. The third kappa shape index (κ3) is 2.76. The van der Waals surface area contributed by atoms with Crippen molar-refractivity contribution >= 4 is 12.3 Å². The maximum absolute atomic E-state index is 10.6. The van der Waals surface area contributed by atoms with Gasteiger partial charge in [0.15, 0.2) is 0 Å². The Kier molecular flexibility index (Phi) is 3.43. The fourth-order valence-electron chi connectivity index (χ4n) is 1.40. The summed E-state index contributed by atoms with van der Waals surface area (Å²) in [6, 6.07) is 9.55. The smallest absolute Gasteiger partial charge is 0.371 e. The molecule has 0 saturated carbocycles. The molecule has 0 fully saturated rings. The first-order valence-corrected chi connectivity index (χ1v) is 5.19. The van der Waals surface area contributed by atoms with E-state index >= 15 is 0 Å². The van der Waals surface area contributed by atoms with Gasteiger partial charge in [0.05, 0.1) is 0 Å². The number of carboxylic acids is 1. The standard InChI is InChI=1S/C13H10O5/c14-7-9-2-1-3-10(6-9)17-8-11-4-5-12(18-11)13(15)16/h1-7H,8H2,(H,15,16). The van der Waals surface area contributed by atoms with Crippen LogP contribution in [0, 0.1) is 0 Å². The molecule has 0 saturated heterocycles. The second-order valence-corrected chi connectivity index (χ2v) is 3.55. The first-order chi connectivity index (χ1) is 8.69. The van der Waals surface area contributed by atoms with Gasteiger partial charge in [0, 0.05) is 5.56 Å². The normalized spacial score (nSPS) is 10.0. The lowest BCUT2D eigenvalue weighted by atomic mass is 10.2. The van der Waals surface area contributed by atoms with Gasteiger partial charge in [0.25, 0.3) is 0 Å². The van der Waals surface area contributed by atoms with Gasteiger partial charge in [-0.25, -0.2) is 4.79 Å². The molecule has 0 aliphatic heterocycles. The zero-order valence-corrected chi connectivity index (χ0v) is 9.33. The quantitative estimate of drug-likeness (QED) is 0.819. The molecule has 0 amide bonds. The van der Waals surface area contributed by atoms with Crippen molar-refractivity contribution in [1.82, 2.24) is 0 Å². The number of aldehydes is 1. The fraction of sp³-hybridized carbons (Fsp3) is 0.0769. The minimum absolute atomic E-state index is 0.107. The van der Waals surface area contributed by atoms with Crippen LogP contribution in [0.1, 0.15) is 26.7 Å². The van der Waals surface area contributed by atoms with Crippen LogP contribution in [-0.2, 0) is 6.61 Å². The minimum Gasteiger partial charge on any atom is -0.486 e. The highest BCUT2D eigenvalue weighted by Crippen LogP contribution is 2.15. The van der Waals surface area contributed by atoms with Crippen molar-refractivity contribution in [3.05, 3.63) is 53.5 Å². The van der Waals surface area contributed by atoms with E-state index in [4.69, 9.17) is 14.3 Å². The zero-order chi connectivity index (χ0) is 13.0. The molecule has 5 nitrogen and oxygen atoms in total. The molecule has 0 unspecified atom stereocenters. The van der Waals surface area contributed by atoms with Crippen LogP contribution in [0.4, 0.5) is 0 Å². The van der Waals surface area contributed by atoms with E-state index in [1.165, 1.54) is 12.1 Å². The van der Waals surface area contributed by atoms with Crippen molar-refractivity contribution in [1.29, 1.82) is 0 Å². The van der Waals surface area contributed by atoms with Crippen LogP contribution in [0.25, 0.3) is 0 Å². The maximum Gasteiger partial charge on any atom is 0.371 e. The van der Waals surface area contributed by atoms with E-state index in [1.54, 1.807) is 24.3 Å². The van der Waals surface area contributed by atoms with Crippen LogP contribution >= 0.6 is 0 Å². The van der Waals surface area contributed by atoms with Crippen LogP contribution in [0.15, 0.2) is 40.8 Å². The number of carbonyl (C=O) groups is 2. The third-order valence-electron chi connectivity index (χ3n) is 2.25. The SMILES string of the molecule is O=Cc1cccc(OCc2ccc(C(=O)O)o2)c1. The maximum atomic E-state index is 10.6. The number of carbonyl (C=O) groups excluding carboxylic acids is 1. The molecule has 5 heteroatoms. The molecule has 18 heavy (non-hydrogen) atoms. The highest BCUT2D eigenvalue weighted by atomic mass is 16.5. The van der Waals surface area contributed by atoms with Crippen molar-refractivity contribution in [2.24, 2.45) is 0 Å². The summed E-state index contributed by atoms with van der Waals surface area (Å²) in [7, 11) is 0. The van der Waals surface area contributed by atoms with E-state index in [0.29, 0.717) is 17.1 Å². The van der Waals surface area contributed by atoms with Crippen molar-refractivity contribution in [3.8, 4) is 5.75 Å². The minimum atomic E-state index is -1.12. The molecule has 2 aromatic rings. The molecule has 92 valence electrons. The molecular formula is C13H10O5. The number of hydrogen-bond acceptors (Lipinski definition) is 4. The number of ether oxygens (including phenoxy) is 1. The molecule has 0 aliphatic carbocycles. The number of hydrogen-bond donors (Lipinski definition) is 1. The van der Waals surface area contributed by atoms with Crippen LogP contribution in [0.5, 0.6) is 5.75 Å². The molecule has 1 aromatic heterocycles. The number of benzene rings is 1. The summed E-state index contributed by atoms with van der Waals surface area (Å²) in [5, 5.41) is 8.68. The Morgan fingerprint density at radius 1 is 1.33 bits per heavy atom. The summed E-state index contributed by atoms with van der Waals surface area (Å²) in [4.78, 5) is 21.2. The highest BCUT2D eigenvalue weighted by Gasteiger charge is 2.09. The molecule has 1 N–H and O–H groups in total. The highest BCUT2D eigenvalue weighted by molar-refractivity contribution is 5.84. The van der Waals surface area contributed by atoms with E-state index in [9.17, 15) is 9.59 Å².